The first-order valence-electron chi connectivity index (χ1n) is 4.97. The van der Waals surface area contributed by atoms with Crippen LogP contribution in [0.25, 0.3) is 10.2 Å². The minimum absolute atomic E-state index is 0.138. The predicted octanol–water partition coefficient (Wildman–Crippen LogP) is 2.64. The number of nitrogens with one attached hydrogen (secondary N) is 1. The lowest BCUT2D eigenvalue weighted by Crippen LogP contribution is -2.30. The molecule has 0 saturated heterocycles. The third kappa shape index (κ3) is 2.77. The third-order valence-electron chi connectivity index (χ3n) is 2.03. The maximum atomic E-state index is 11.9. The Hall–Kier alpha value is -0.690. The van der Waals surface area contributed by atoms with Gasteiger partial charge in [0.1, 0.15) is 0 Å². The molecule has 0 radical (unpaired) electrons. The van der Waals surface area contributed by atoms with Gasteiger partial charge in [0.15, 0.2) is 4.47 Å². The van der Waals surface area contributed by atoms with E-state index in [0.717, 1.165) is 4.70 Å². The van der Waals surface area contributed by atoms with Crippen LogP contribution < -0.4 is 4.72 Å². The summed E-state index contributed by atoms with van der Waals surface area (Å²) in [6.45, 7) is 3.55. The molecular weight excluding hydrogens is 280 g/mol. The van der Waals surface area contributed by atoms with Gasteiger partial charge in [0, 0.05) is 6.04 Å². The lowest BCUT2D eigenvalue weighted by molar-refractivity contribution is 0.570. The summed E-state index contributed by atoms with van der Waals surface area (Å²) in [6, 6.07) is 4.64. The van der Waals surface area contributed by atoms with Gasteiger partial charge in [0.2, 0.25) is 10.0 Å². The summed E-state index contributed by atoms with van der Waals surface area (Å²) in [5, 5.41) is 0. The summed E-state index contributed by atoms with van der Waals surface area (Å²) in [4.78, 5) is 4.30. The van der Waals surface area contributed by atoms with Gasteiger partial charge in [0.25, 0.3) is 0 Å². The second-order valence-electron chi connectivity index (χ2n) is 3.87. The molecule has 0 spiro atoms. The van der Waals surface area contributed by atoms with Gasteiger partial charge in [-0.1, -0.05) is 11.6 Å². The number of sulfonamides is 1. The Morgan fingerprint density at radius 3 is 2.76 bits per heavy atom. The molecule has 92 valence electrons. The van der Waals surface area contributed by atoms with Gasteiger partial charge < -0.3 is 0 Å². The third-order valence-corrected chi connectivity index (χ3v) is 4.81. The number of hydrogen-bond donors (Lipinski definition) is 1. The number of thiazole rings is 1. The summed E-state index contributed by atoms with van der Waals surface area (Å²) in [5.41, 5.74) is 0.712. The molecule has 2 rings (SSSR count). The summed E-state index contributed by atoms with van der Waals surface area (Å²) in [5.74, 6) is 0. The van der Waals surface area contributed by atoms with Crippen LogP contribution >= 0.6 is 22.9 Å². The highest BCUT2D eigenvalue weighted by atomic mass is 35.5. The van der Waals surface area contributed by atoms with Gasteiger partial charge in [0.05, 0.1) is 15.1 Å². The van der Waals surface area contributed by atoms with Crippen molar-refractivity contribution in [1.29, 1.82) is 0 Å². The summed E-state index contributed by atoms with van der Waals surface area (Å²) < 4.78 is 27.6. The van der Waals surface area contributed by atoms with E-state index in [1.54, 1.807) is 26.0 Å². The van der Waals surface area contributed by atoms with Gasteiger partial charge in [-0.25, -0.2) is 18.1 Å². The van der Waals surface area contributed by atoms with E-state index in [1.807, 2.05) is 0 Å². The number of nitrogens with zero attached hydrogens (tertiary/aromatic N) is 1. The molecule has 2 aromatic rings. The van der Waals surface area contributed by atoms with Crippen molar-refractivity contribution >= 4 is 43.2 Å². The van der Waals surface area contributed by atoms with Crippen LogP contribution in [0.1, 0.15) is 13.8 Å². The van der Waals surface area contributed by atoms with Crippen molar-refractivity contribution in [3.8, 4) is 0 Å². The normalized spacial score (nSPS) is 12.5. The zero-order valence-electron chi connectivity index (χ0n) is 9.27. The summed E-state index contributed by atoms with van der Waals surface area (Å²) in [7, 11) is -3.46. The van der Waals surface area contributed by atoms with Crippen LogP contribution in [0.2, 0.25) is 4.47 Å². The van der Waals surface area contributed by atoms with Crippen molar-refractivity contribution in [1.82, 2.24) is 9.71 Å². The molecular formula is C10H11ClN2O2S2. The molecule has 0 bridgehead atoms. The van der Waals surface area contributed by atoms with Gasteiger partial charge >= 0.3 is 0 Å². The monoisotopic (exact) mass is 290 g/mol. The quantitative estimate of drug-likeness (QED) is 0.945. The van der Waals surface area contributed by atoms with Crippen LogP contribution in [0.15, 0.2) is 23.1 Å². The zero-order chi connectivity index (χ0) is 12.6. The number of hydrogen-bond acceptors (Lipinski definition) is 4. The SMILES string of the molecule is CC(C)NS(=O)(=O)c1ccc2nc(Cl)sc2c1. The Balaban J connectivity index is 2.49. The van der Waals surface area contributed by atoms with E-state index in [0.29, 0.717) is 9.98 Å². The van der Waals surface area contributed by atoms with E-state index in [2.05, 4.69) is 9.71 Å². The molecule has 0 amide bonds. The predicted molar refractivity (Wildman–Crippen MR) is 70.1 cm³/mol. The Bertz CT molecular complexity index is 649. The lowest BCUT2D eigenvalue weighted by atomic mass is 10.3. The number of aromatic nitrogens is 1. The molecule has 17 heavy (non-hydrogen) atoms. The number of halogens is 1. The van der Waals surface area contributed by atoms with E-state index in [1.165, 1.54) is 17.4 Å². The van der Waals surface area contributed by atoms with Crippen LogP contribution in [0.4, 0.5) is 0 Å². The molecule has 0 saturated carbocycles. The van der Waals surface area contributed by atoms with E-state index in [9.17, 15) is 8.42 Å². The average molecular weight is 291 g/mol. The van der Waals surface area contributed by atoms with Crippen molar-refractivity contribution in [3.63, 3.8) is 0 Å². The van der Waals surface area contributed by atoms with Gasteiger partial charge in [-0.2, -0.15) is 0 Å². The van der Waals surface area contributed by atoms with Crippen LogP contribution in [0.3, 0.4) is 0 Å². The molecule has 0 fully saturated rings. The number of benzene rings is 1. The average Bonchev–Trinajstić information content (AvgIpc) is 2.54. The first kappa shape index (κ1) is 12.8. The lowest BCUT2D eigenvalue weighted by Gasteiger charge is -2.09. The maximum Gasteiger partial charge on any atom is 0.240 e. The Morgan fingerprint density at radius 2 is 2.12 bits per heavy atom. The largest absolute Gasteiger partial charge is 0.240 e. The Morgan fingerprint density at radius 1 is 1.41 bits per heavy atom. The maximum absolute atomic E-state index is 11.9. The fraction of sp³-hybridized carbons (Fsp3) is 0.300. The van der Waals surface area contributed by atoms with Crippen LogP contribution in [0.5, 0.6) is 0 Å². The first-order chi connectivity index (χ1) is 7.88. The Kier molecular flexibility index (Phi) is 3.40. The molecule has 4 nitrogen and oxygen atoms in total. The summed E-state index contributed by atoms with van der Waals surface area (Å²) >= 11 is 7.04. The fourth-order valence-corrected chi connectivity index (χ4v) is 3.84. The van der Waals surface area contributed by atoms with Crippen molar-refractivity contribution in [2.75, 3.05) is 0 Å². The smallest absolute Gasteiger partial charge is 0.225 e. The van der Waals surface area contributed by atoms with E-state index >= 15 is 0 Å². The molecule has 0 aliphatic carbocycles. The highest BCUT2D eigenvalue weighted by molar-refractivity contribution is 7.89. The van der Waals surface area contributed by atoms with Crippen LogP contribution in [-0.4, -0.2) is 19.4 Å². The van der Waals surface area contributed by atoms with E-state index < -0.39 is 10.0 Å². The topological polar surface area (TPSA) is 59.1 Å². The molecule has 0 aliphatic heterocycles. The number of rotatable bonds is 3. The molecule has 1 N–H and O–H groups in total. The molecule has 0 aliphatic rings. The molecule has 0 atom stereocenters. The second-order valence-corrected chi connectivity index (χ2v) is 7.20. The standard InChI is InChI=1S/C10H11ClN2O2S2/c1-6(2)13-17(14,15)7-3-4-8-9(5-7)16-10(11)12-8/h3-6,13H,1-2H3. The van der Waals surface area contributed by atoms with Crippen molar-refractivity contribution < 1.29 is 8.42 Å². The number of fused-ring (bicyclic) bond motifs is 1. The van der Waals surface area contributed by atoms with Crippen molar-refractivity contribution in [3.05, 3.63) is 22.7 Å². The highest BCUT2D eigenvalue weighted by Crippen LogP contribution is 2.27. The summed E-state index contributed by atoms with van der Waals surface area (Å²) in [6.07, 6.45) is 0. The minimum Gasteiger partial charge on any atom is -0.225 e. The first-order valence-corrected chi connectivity index (χ1v) is 7.65. The van der Waals surface area contributed by atoms with Crippen molar-refractivity contribution in [2.24, 2.45) is 0 Å². The fourth-order valence-electron chi connectivity index (χ4n) is 1.42. The van der Waals surface area contributed by atoms with Crippen LogP contribution in [-0.2, 0) is 10.0 Å². The van der Waals surface area contributed by atoms with E-state index in [4.69, 9.17) is 11.6 Å². The zero-order valence-corrected chi connectivity index (χ0v) is 11.7. The molecule has 0 unspecified atom stereocenters. The van der Waals surface area contributed by atoms with E-state index in [-0.39, 0.29) is 10.9 Å². The molecule has 7 heteroatoms. The van der Waals surface area contributed by atoms with Crippen molar-refractivity contribution in [2.45, 2.75) is 24.8 Å². The second kappa shape index (κ2) is 4.53. The van der Waals surface area contributed by atoms with Crippen LogP contribution in [0, 0.1) is 0 Å². The highest BCUT2D eigenvalue weighted by Gasteiger charge is 2.16. The van der Waals surface area contributed by atoms with Gasteiger partial charge in [-0.15, -0.1) is 11.3 Å². The Labute approximate surface area is 109 Å². The van der Waals surface area contributed by atoms with Gasteiger partial charge in [-0.3, -0.25) is 0 Å². The minimum atomic E-state index is -3.46. The molecule has 1 aromatic heterocycles. The van der Waals surface area contributed by atoms with Gasteiger partial charge in [-0.05, 0) is 32.0 Å². The molecule has 1 heterocycles. The molecule has 1 aromatic carbocycles.